The van der Waals surface area contributed by atoms with Crippen molar-refractivity contribution in [3.05, 3.63) is 40.3 Å². The summed E-state index contributed by atoms with van der Waals surface area (Å²) < 4.78 is 11.7. The molecule has 168 valence electrons. The molecule has 0 aliphatic rings. The van der Waals surface area contributed by atoms with Gasteiger partial charge in [0.1, 0.15) is 14.2 Å². The molecule has 2 rings (SSSR count). The van der Waals surface area contributed by atoms with Gasteiger partial charge in [-0.05, 0) is 43.2 Å². The number of thiophene rings is 1. The summed E-state index contributed by atoms with van der Waals surface area (Å²) >= 11 is 1.86. The molecule has 0 saturated carbocycles. The summed E-state index contributed by atoms with van der Waals surface area (Å²) in [5.41, 5.74) is 1.04. The second-order valence-corrected chi connectivity index (χ2v) is 14.6. The van der Waals surface area contributed by atoms with Gasteiger partial charge >= 0.3 is 5.97 Å². The topological polar surface area (TPSA) is 39.4 Å². The highest BCUT2D eigenvalue weighted by Gasteiger charge is 2.33. The van der Waals surface area contributed by atoms with Crippen LogP contribution in [-0.2, 0) is 16.0 Å². The molecule has 0 aliphatic heterocycles. The molecule has 5 heteroatoms. The Morgan fingerprint density at radius 3 is 2.33 bits per heavy atom. The number of carbonyl (C=O) groups is 1. The lowest BCUT2D eigenvalue weighted by Crippen LogP contribution is -2.44. The van der Waals surface area contributed by atoms with Crippen molar-refractivity contribution in [2.24, 2.45) is 0 Å². The van der Waals surface area contributed by atoms with Gasteiger partial charge in [-0.1, -0.05) is 70.7 Å². The van der Waals surface area contributed by atoms with E-state index in [0.717, 1.165) is 18.4 Å². The number of unbranched alkanes of at least 4 members (excludes halogenated alkanes) is 5. The monoisotopic (exact) mass is 448 g/mol. The SMILES string of the molecule is CC[Si](CC)(CC)c1cc(C(CCCCCCCCc2cccs2)OC(C)=O)co1. The average molecular weight is 449 g/mol. The quantitative estimate of drug-likeness (QED) is 0.160. The lowest BCUT2D eigenvalue weighted by atomic mass is 10.0. The Morgan fingerprint density at radius 1 is 1.07 bits per heavy atom. The Balaban J connectivity index is 1.78. The third-order valence-electron chi connectivity index (χ3n) is 6.57. The number of aryl methyl sites for hydroxylation is 1. The van der Waals surface area contributed by atoms with Crippen LogP contribution in [0.5, 0.6) is 0 Å². The normalized spacial score (nSPS) is 12.8. The molecule has 0 bridgehead atoms. The van der Waals surface area contributed by atoms with Crippen LogP contribution in [0.15, 0.2) is 34.3 Å². The molecule has 2 aromatic rings. The summed E-state index contributed by atoms with van der Waals surface area (Å²) in [5, 5.41) is 3.33. The van der Waals surface area contributed by atoms with E-state index in [2.05, 4.69) is 44.4 Å². The first kappa shape index (κ1) is 24.9. The zero-order valence-electron chi connectivity index (χ0n) is 19.4. The van der Waals surface area contributed by atoms with E-state index >= 15 is 0 Å². The second kappa shape index (κ2) is 13.2. The average Bonchev–Trinajstić information content (AvgIpc) is 3.43. The molecular weight excluding hydrogens is 408 g/mol. The van der Waals surface area contributed by atoms with Crippen molar-refractivity contribution in [1.29, 1.82) is 0 Å². The summed E-state index contributed by atoms with van der Waals surface area (Å²) in [7, 11) is -1.54. The Hall–Kier alpha value is -1.33. The molecule has 0 fully saturated rings. The molecule has 0 radical (unpaired) electrons. The van der Waals surface area contributed by atoms with Crippen molar-refractivity contribution in [3.63, 3.8) is 0 Å². The smallest absolute Gasteiger partial charge is 0.303 e. The molecule has 0 saturated heterocycles. The van der Waals surface area contributed by atoms with Gasteiger partial charge in [0.2, 0.25) is 0 Å². The van der Waals surface area contributed by atoms with E-state index in [1.54, 1.807) is 0 Å². The Labute approximate surface area is 188 Å². The molecule has 3 nitrogen and oxygen atoms in total. The molecule has 30 heavy (non-hydrogen) atoms. The summed E-state index contributed by atoms with van der Waals surface area (Å²) in [6.07, 6.45) is 11.2. The lowest BCUT2D eigenvalue weighted by Gasteiger charge is -2.24. The maximum atomic E-state index is 11.7. The number of hydrogen-bond acceptors (Lipinski definition) is 4. The standard InChI is InChI=1S/C25H40O3SSi/c1-5-30(6-2,7-3)25-19-22(20-27-25)24(28-21(4)26)17-13-11-9-8-10-12-15-23-16-14-18-29-23/h14,16,18-20,24H,5-13,15,17H2,1-4H3. The fourth-order valence-electron chi connectivity index (χ4n) is 4.36. The zero-order valence-corrected chi connectivity index (χ0v) is 21.2. The van der Waals surface area contributed by atoms with Crippen molar-refractivity contribution >= 4 is 30.8 Å². The largest absolute Gasteiger partial charge is 0.474 e. The van der Waals surface area contributed by atoms with Crippen molar-refractivity contribution in [2.75, 3.05) is 0 Å². The summed E-state index contributed by atoms with van der Waals surface area (Å²) in [6, 6.07) is 10.1. The maximum absolute atomic E-state index is 11.7. The number of furan rings is 1. The molecule has 0 aliphatic carbocycles. The Bertz CT molecular complexity index is 710. The van der Waals surface area contributed by atoms with E-state index in [-0.39, 0.29) is 12.1 Å². The molecular formula is C25H40O3SSi. The van der Waals surface area contributed by atoms with Crippen molar-refractivity contribution in [1.82, 2.24) is 0 Å². The van der Waals surface area contributed by atoms with Gasteiger partial charge < -0.3 is 9.15 Å². The van der Waals surface area contributed by atoms with E-state index in [9.17, 15) is 4.79 Å². The molecule has 0 amide bonds. The maximum Gasteiger partial charge on any atom is 0.303 e. The van der Waals surface area contributed by atoms with E-state index in [4.69, 9.17) is 9.15 Å². The molecule has 1 atom stereocenters. The highest BCUT2D eigenvalue weighted by Crippen LogP contribution is 2.28. The van der Waals surface area contributed by atoms with Crippen LogP contribution in [0.25, 0.3) is 0 Å². The summed E-state index contributed by atoms with van der Waals surface area (Å²) in [5.74, 6) is -0.207. The van der Waals surface area contributed by atoms with E-state index in [0.29, 0.717) is 0 Å². The van der Waals surface area contributed by atoms with Gasteiger partial charge in [-0.3, -0.25) is 4.79 Å². The number of rotatable bonds is 15. The van der Waals surface area contributed by atoms with Gasteiger partial charge in [0.15, 0.2) is 0 Å². The van der Waals surface area contributed by atoms with Gasteiger partial charge in [0.05, 0.1) is 11.6 Å². The van der Waals surface area contributed by atoms with Crippen LogP contribution in [0.3, 0.4) is 0 Å². The van der Waals surface area contributed by atoms with Gasteiger partial charge in [0.25, 0.3) is 0 Å². The highest BCUT2D eigenvalue weighted by molar-refractivity contribution is 7.09. The molecule has 2 aromatic heterocycles. The van der Waals surface area contributed by atoms with Gasteiger partial charge in [0, 0.05) is 17.4 Å². The van der Waals surface area contributed by atoms with Crippen molar-refractivity contribution in [3.8, 4) is 0 Å². The molecule has 2 heterocycles. The summed E-state index contributed by atoms with van der Waals surface area (Å²) in [4.78, 5) is 13.2. The van der Waals surface area contributed by atoms with Crippen LogP contribution in [0, 0.1) is 0 Å². The van der Waals surface area contributed by atoms with Crippen molar-refractivity contribution in [2.45, 2.75) is 103 Å². The fourth-order valence-corrected chi connectivity index (χ4v) is 8.43. The number of esters is 1. The summed E-state index contributed by atoms with van der Waals surface area (Å²) in [6.45, 7) is 8.35. The van der Waals surface area contributed by atoms with E-state index < -0.39 is 8.07 Å². The first-order valence-corrected chi connectivity index (χ1v) is 15.3. The minimum Gasteiger partial charge on any atom is -0.474 e. The van der Waals surface area contributed by atoms with Gasteiger partial charge in [-0.15, -0.1) is 11.3 Å². The van der Waals surface area contributed by atoms with Crippen LogP contribution in [0.1, 0.15) is 89.2 Å². The zero-order chi connectivity index (χ0) is 21.8. The predicted molar refractivity (Wildman–Crippen MR) is 130 cm³/mol. The van der Waals surface area contributed by atoms with Gasteiger partial charge in [-0.2, -0.15) is 0 Å². The third kappa shape index (κ3) is 7.42. The molecule has 0 aromatic carbocycles. The number of carbonyl (C=O) groups excluding carboxylic acids is 1. The lowest BCUT2D eigenvalue weighted by molar-refractivity contribution is -0.147. The predicted octanol–water partition coefficient (Wildman–Crippen LogP) is 7.63. The Morgan fingerprint density at radius 2 is 1.73 bits per heavy atom. The van der Waals surface area contributed by atoms with Crippen LogP contribution in [0.2, 0.25) is 18.1 Å². The highest BCUT2D eigenvalue weighted by atomic mass is 32.1. The number of hydrogen-bond donors (Lipinski definition) is 0. The second-order valence-electron chi connectivity index (χ2n) is 8.42. The van der Waals surface area contributed by atoms with Crippen LogP contribution in [0.4, 0.5) is 0 Å². The minimum absolute atomic E-state index is 0.170. The first-order valence-electron chi connectivity index (χ1n) is 11.8. The number of ether oxygens (including phenoxy) is 1. The van der Waals surface area contributed by atoms with E-state index in [1.807, 2.05) is 17.6 Å². The fraction of sp³-hybridized carbons (Fsp3) is 0.640. The molecule has 0 N–H and O–H groups in total. The first-order chi connectivity index (χ1) is 14.5. The molecule has 1 unspecified atom stereocenters. The minimum atomic E-state index is -1.54. The van der Waals surface area contributed by atoms with Crippen molar-refractivity contribution < 1.29 is 13.9 Å². The van der Waals surface area contributed by atoms with Crippen LogP contribution in [-0.4, -0.2) is 14.0 Å². The van der Waals surface area contributed by atoms with E-state index in [1.165, 1.54) is 73.8 Å². The van der Waals surface area contributed by atoms with Gasteiger partial charge in [-0.25, -0.2) is 0 Å². The third-order valence-corrected chi connectivity index (χ3v) is 12.9. The Kier molecular flexibility index (Phi) is 10.9. The van der Waals surface area contributed by atoms with Crippen LogP contribution >= 0.6 is 11.3 Å². The van der Waals surface area contributed by atoms with Crippen LogP contribution < -0.4 is 5.38 Å². The molecule has 0 spiro atoms.